The van der Waals surface area contributed by atoms with Crippen molar-refractivity contribution in [2.75, 3.05) is 0 Å². The lowest BCUT2D eigenvalue weighted by Gasteiger charge is -2.14. The van der Waals surface area contributed by atoms with Gasteiger partial charge in [-0.25, -0.2) is 8.42 Å². The van der Waals surface area contributed by atoms with Gasteiger partial charge in [0.1, 0.15) is 10.6 Å². The number of hydrogen-bond acceptors (Lipinski definition) is 6. The number of sulfonamides is 1. The van der Waals surface area contributed by atoms with Gasteiger partial charge in [-0.15, -0.1) is 0 Å². The molecule has 1 aromatic heterocycles. The van der Waals surface area contributed by atoms with Crippen LogP contribution < -0.4 is 10.0 Å². The molecule has 1 atom stereocenters. The number of nitrogens with zero attached hydrogens (tertiary/aromatic N) is 1. The summed E-state index contributed by atoms with van der Waals surface area (Å²) in [6.07, 6.45) is 0. The van der Waals surface area contributed by atoms with Crippen molar-refractivity contribution in [2.45, 2.75) is 51.5 Å². The molecule has 1 heterocycles. The minimum absolute atomic E-state index is 0.0413. The molecule has 1 amide bonds. The molecule has 0 spiro atoms. The Morgan fingerprint density at radius 3 is 2.38 bits per heavy atom. The van der Waals surface area contributed by atoms with Gasteiger partial charge in [0.25, 0.3) is 0 Å². The van der Waals surface area contributed by atoms with Crippen LogP contribution in [0.25, 0.3) is 0 Å². The molecule has 9 heteroatoms. The van der Waals surface area contributed by atoms with Crippen LogP contribution in [0.3, 0.4) is 0 Å². The second-order valence-electron chi connectivity index (χ2n) is 7.51. The average molecular weight is 458 g/mol. The number of benzene rings is 2. The van der Waals surface area contributed by atoms with E-state index in [0.717, 1.165) is 16.7 Å². The van der Waals surface area contributed by atoms with Gasteiger partial charge in [0.15, 0.2) is 5.76 Å². The predicted octanol–water partition coefficient (Wildman–Crippen LogP) is 2.99. The molecule has 3 aromatic rings. The van der Waals surface area contributed by atoms with Crippen LogP contribution in [0.4, 0.5) is 0 Å². The van der Waals surface area contributed by atoms with Crippen molar-refractivity contribution >= 4 is 15.9 Å². The van der Waals surface area contributed by atoms with Gasteiger partial charge in [0.2, 0.25) is 15.9 Å². The van der Waals surface area contributed by atoms with Crippen molar-refractivity contribution in [3.8, 4) is 0 Å². The maximum absolute atomic E-state index is 12.6. The van der Waals surface area contributed by atoms with Crippen LogP contribution in [0.2, 0.25) is 0 Å². The lowest BCUT2D eigenvalue weighted by Crippen LogP contribution is -2.44. The predicted molar refractivity (Wildman–Crippen MR) is 119 cm³/mol. The van der Waals surface area contributed by atoms with Crippen LogP contribution in [0.15, 0.2) is 64.0 Å². The zero-order valence-electron chi connectivity index (χ0n) is 18.3. The summed E-state index contributed by atoms with van der Waals surface area (Å²) >= 11 is 0. The third-order valence-corrected chi connectivity index (χ3v) is 6.58. The maximum atomic E-state index is 12.6. The van der Waals surface area contributed by atoms with E-state index in [1.165, 1.54) is 20.8 Å². The molecule has 0 saturated heterocycles. The number of rotatable bonds is 10. The lowest BCUT2D eigenvalue weighted by atomic mass is 10.1. The van der Waals surface area contributed by atoms with E-state index in [4.69, 9.17) is 9.26 Å². The van der Waals surface area contributed by atoms with Crippen LogP contribution in [-0.2, 0) is 39.3 Å². The lowest BCUT2D eigenvalue weighted by molar-refractivity contribution is -0.122. The molecular weight excluding hydrogens is 430 g/mol. The van der Waals surface area contributed by atoms with E-state index in [0.29, 0.717) is 13.2 Å². The Kier molecular flexibility index (Phi) is 7.79. The molecule has 3 rings (SSSR count). The first-order valence-corrected chi connectivity index (χ1v) is 11.7. The zero-order valence-corrected chi connectivity index (χ0v) is 19.1. The first kappa shape index (κ1) is 23.6. The Hall–Kier alpha value is -3.01. The summed E-state index contributed by atoms with van der Waals surface area (Å²) in [4.78, 5) is 12.4. The Bertz CT molecular complexity index is 1140. The van der Waals surface area contributed by atoms with Crippen molar-refractivity contribution in [1.82, 2.24) is 15.2 Å². The minimum atomic E-state index is -3.93. The summed E-state index contributed by atoms with van der Waals surface area (Å²) < 4.78 is 38.2. The van der Waals surface area contributed by atoms with E-state index in [9.17, 15) is 13.2 Å². The van der Waals surface area contributed by atoms with Gasteiger partial charge in [-0.05, 0) is 37.5 Å². The maximum Gasteiger partial charge on any atom is 0.246 e. The third kappa shape index (κ3) is 6.25. The number of aromatic nitrogens is 1. The van der Waals surface area contributed by atoms with Gasteiger partial charge in [-0.1, -0.05) is 59.8 Å². The molecule has 0 fully saturated rings. The normalized spacial score (nSPS) is 12.5. The molecule has 2 aromatic carbocycles. The smallest absolute Gasteiger partial charge is 0.246 e. The number of carbonyl (C=O) groups excluding carboxylic acids is 1. The summed E-state index contributed by atoms with van der Waals surface area (Å²) in [6, 6.07) is 16.6. The highest BCUT2D eigenvalue weighted by Crippen LogP contribution is 2.19. The fourth-order valence-electron chi connectivity index (χ4n) is 3.24. The highest BCUT2D eigenvalue weighted by Gasteiger charge is 2.28. The summed E-state index contributed by atoms with van der Waals surface area (Å²) in [7, 11) is -3.93. The Labute approximate surface area is 188 Å². The Morgan fingerprint density at radius 2 is 1.69 bits per heavy atom. The van der Waals surface area contributed by atoms with Crippen LogP contribution in [0.5, 0.6) is 0 Å². The molecule has 0 aliphatic carbocycles. The number of carbonyl (C=O) groups is 1. The van der Waals surface area contributed by atoms with Gasteiger partial charge in [-0.3, -0.25) is 4.79 Å². The average Bonchev–Trinajstić information content (AvgIpc) is 3.11. The number of hydrogen-bond donors (Lipinski definition) is 2. The van der Waals surface area contributed by atoms with Gasteiger partial charge in [0, 0.05) is 6.54 Å². The van der Waals surface area contributed by atoms with Crippen molar-refractivity contribution in [3.63, 3.8) is 0 Å². The largest absolute Gasteiger partial charge is 0.372 e. The van der Waals surface area contributed by atoms with Crippen LogP contribution in [-0.4, -0.2) is 25.5 Å². The standard InChI is InChI=1S/C23H27N3O5S/c1-16-22(18(3)31-25-16)32(28,29)26-17(2)23(27)24-13-20-10-7-11-21(12-20)15-30-14-19-8-5-4-6-9-19/h4-12,17,26H,13-15H2,1-3H3,(H,24,27)/t17-/m0/s1. The van der Waals surface area contributed by atoms with Gasteiger partial charge < -0.3 is 14.6 Å². The molecule has 0 bridgehead atoms. The third-order valence-electron chi connectivity index (χ3n) is 4.80. The molecule has 0 aliphatic heterocycles. The topological polar surface area (TPSA) is 111 Å². The summed E-state index contributed by atoms with van der Waals surface area (Å²) in [5.41, 5.74) is 3.22. The van der Waals surface area contributed by atoms with Gasteiger partial charge in [-0.2, -0.15) is 4.72 Å². The van der Waals surface area contributed by atoms with E-state index in [-0.39, 0.29) is 22.9 Å². The molecule has 0 radical (unpaired) electrons. The van der Waals surface area contributed by atoms with E-state index >= 15 is 0 Å². The minimum Gasteiger partial charge on any atom is -0.372 e. The zero-order chi connectivity index (χ0) is 23.1. The second kappa shape index (κ2) is 10.5. The van der Waals surface area contributed by atoms with E-state index < -0.39 is 22.0 Å². The summed E-state index contributed by atoms with van der Waals surface area (Å²) in [5.74, 6) is -0.264. The number of nitrogens with one attached hydrogen (secondary N) is 2. The Balaban J connectivity index is 1.51. The molecule has 0 aliphatic rings. The van der Waals surface area contributed by atoms with Crippen LogP contribution in [0, 0.1) is 13.8 Å². The van der Waals surface area contributed by atoms with E-state index in [1.807, 2.05) is 54.6 Å². The fourth-order valence-corrected chi connectivity index (χ4v) is 4.77. The highest BCUT2D eigenvalue weighted by molar-refractivity contribution is 7.89. The van der Waals surface area contributed by atoms with Crippen molar-refractivity contribution in [2.24, 2.45) is 0 Å². The first-order chi connectivity index (χ1) is 15.3. The molecule has 2 N–H and O–H groups in total. The molecule has 0 saturated carbocycles. The SMILES string of the molecule is Cc1noc(C)c1S(=O)(=O)N[C@@H](C)C(=O)NCc1cccc(COCc2ccccc2)c1. The summed E-state index contributed by atoms with van der Waals surface area (Å²) in [6.45, 7) is 5.76. The number of aryl methyl sites for hydroxylation is 2. The fraction of sp³-hybridized carbons (Fsp3) is 0.304. The second-order valence-corrected chi connectivity index (χ2v) is 9.16. The van der Waals surface area contributed by atoms with Crippen molar-refractivity contribution in [1.29, 1.82) is 0 Å². The molecular formula is C23H27N3O5S. The van der Waals surface area contributed by atoms with Gasteiger partial charge >= 0.3 is 0 Å². The molecule has 32 heavy (non-hydrogen) atoms. The molecule has 0 unspecified atom stereocenters. The van der Waals surface area contributed by atoms with E-state index in [2.05, 4.69) is 15.2 Å². The van der Waals surface area contributed by atoms with Crippen LogP contribution in [0.1, 0.15) is 35.1 Å². The Morgan fingerprint density at radius 1 is 1.03 bits per heavy atom. The quantitative estimate of drug-likeness (QED) is 0.484. The van der Waals surface area contributed by atoms with Gasteiger partial charge in [0.05, 0.1) is 19.3 Å². The van der Waals surface area contributed by atoms with Crippen LogP contribution >= 0.6 is 0 Å². The summed E-state index contributed by atoms with van der Waals surface area (Å²) in [5, 5.41) is 6.41. The first-order valence-electron chi connectivity index (χ1n) is 10.2. The highest BCUT2D eigenvalue weighted by atomic mass is 32.2. The monoisotopic (exact) mass is 457 g/mol. The number of ether oxygens (including phenoxy) is 1. The molecule has 170 valence electrons. The molecule has 8 nitrogen and oxygen atoms in total. The van der Waals surface area contributed by atoms with E-state index in [1.54, 1.807) is 0 Å². The van der Waals surface area contributed by atoms with Crippen molar-refractivity contribution in [3.05, 3.63) is 82.7 Å². The van der Waals surface area contributed by atoms with Crippen molar-refractivity contribution < 1.29 is 22.5 Å². The number of amides is 1.